The summed E-state index contributed by atoms with van der Waals surface area (Å²) in [5.74, 6) is 0. The zero-order chi connectivity index (χ0) is 14.4. The van der Waals surface area contributed by atoms with Crippen LogP contribution >= 0.6 is 11.3 Å². The molecule has 4 heterocycles. The number of carbonyl (C=O) groups excluding carboxylic acids is 1. The molecule has 0 radical (unpaired) electrons. The standard InChI is InChI=1S/C13H18N6OS/c1-9-8-19-12(15-9)21-13(16-19)17-5-2-10(3-6-17)18-7-4-14-11(18)20/h8,10H,2-7H2,1H3,(H,14,20). The molecule has 0 unspecified atom stereocenters. The van der Waals surface area contributed by atoms with Gasteiger partial charge in [0.2, 0.25) is 10.1 Å². The Hall–Kier alpha value is -1.83. The van der Waals surface area contributed by atoms with Crippen LogP contribution in [-0.4, -0.2) is 57.7 Å². The van der Waals surface area contributed by atoms with Crippen LogP contribution in [0.25, 0.3) is 4.96 Å². The SMILES string of the molecule is Cc1cn2nc(N3CCC(N4CCNC4=O)CC3)sc2n1. The fourth-order valence-corrected chi connectivity index (χ4v) is 4.11. The van der Waals surface area contributed by atoms with Gasteiger partial charge in [-0.3, -0.25) is 0 Å². The van der Waals surface area contributed by atoms with Crippen LogP contribution in [0.5, 0.6) is 0 Å². The Morgan fingerprint density at radius 1 is 1.33 bits per heavy atom. The lowest BCUT2D eigenvalue weighted by molar-refractivity contribution is 0.186. The Kier molecular flexibility index (Phi) is 2.99. The molecule has 0 aliphatic carbocycles. The maximum absolute atomic E-state index is 11.7. The van der Waals surface area contributed by atoms with Gasteiger partial charge >= 0.3 is 6.03 Å². The summed E-state index contributed by atoms with van der Waals surface area (Å²) in [6.07, 6.45) is 3.97. The molecule has 2 aromatic rings. The van der Waals surface area contributed by atoms with Crippen molar-refractivity contribution in [2.24, 2.45) is 0 Å². The molecule has 0 spiro atoms. The first-order chi connectivity index (χ1) is 10.2. The van der Waals surface area contributed by atoms with Crippen molar-refractivity contribution >= 4 is 27.5 Å². The van der Waals surface area contributed by atoms with Crippen LogP contribution in [0.1, 0.15) is 18.5 Å². The van der Waals surface area contributed by atoms with Gasteiger partial charge < -0.3 is 15.1 Å². The number of rotatable bonds is 2. The second-order valence-electron chi connectivity index (χ2n) is 5.64. The van der Waals surface area contributed by atoms with E-state index in [-0.39, 0.29) is 6.03 Å². The van der Waals surface area contributed by atoms with E-state index < -0.39 is 0 Å². The van der Waals surface area contributed by atoms with Crippen LogP contribution in [0.3, 0.4) is 0 Å². The summed E-state index contributed by atoms with van der Waals surface area (Å²) in [6.45, 7) is 5.50. The molecule has 0 saturated carbocycles. The number of piperidine rings is 1. The maximum Gasteiger partial charge on any atom is 0.317 e. The van der Waals surface area contributed by atoms with Gasteiger partial charge in [0.05, 0.1) is 11.9 Å². The zero-order valence-corrected chi connectivity index (χ0v) is 12.8. The Balaban J connectivity index is 1.44. The molecule has 112 valence electrons. The summed E-state index contributed by atoms with van der Waals surface area (Å²) in [6, 6.07) is 0.465. The van der Waals surface area contributed by atoms with E-state index in [4.69, 9.17) is 0 Å². The third-order valence-corrected chi connectivity index (χ3v) is 5.20. The van der Waals surface area contributed by atoms with E-state index in [0.29, 0.717) is 6.04 Å². The molecule has 8 heteroatoms. The maximum atomic E-state index is 11.7. The summed E-state index contributed by atoms with van der Waals surface area (Å²) in [4.78, 5) is 21.4. The number of aromatic nitrogens is 3. The topological polar surface area (TPSA) is 65.8 Å². The largest absolute Gasteiger partial charge is 0.347 e. The minimum atomic E-state index is 0.0941. The quantitative estimate of drug-likeness (QED) is 0.902. The first-order valence-corrected chi connectivity index (χ1v) is 8.14. The number of anilines is 1. The molecule has 7 nitrogen and oxygen atoms in total. The predicted molar refractivity (Wildman–Crippen MR) is 80.9 cm³/mol. The van der Waals surface area contributed by atoms with Crippen molar-refractivity contribution in [3.63, 3.8) is 0 Å². The van der Waals surface area contributed by atoms with Crippen LogP contribution in [0.4, 0.5) is 9.93 Å². The Labute approximate surface area is 126 Å². The summed E-state index contributed by atoms with van der Waals surface area (Å²) in [5.41, 5.74) is 0.999. The number of urea groups is 1. The van der Waals surface area contributed by atoms with Crippen molar-refractivity contribution < 1.29 is 4.79 Å². The van der Waals surface area contributed by atoms with E-state index in [9.17, 15) is 4.79 Å². The lowest BCUT2D eigenvalue weighted by atomic mass is 10.0. The van der Waals surface area contributed by atoms with Gasteiger partial charge in [0.1, 0.15) is 0 Å². The summed E-state index contributed by atoms with van der Waals surface area (Å²) in [7, 11) is 0. The van der Waals surface area contributed by atoms with Crippen molar-refractivity contribution in [2.45, 2.75) is 25.8 Å². The molecule has 2 amide bonds. The average molecular weight is 306 g/mol. The number of aryl methyl sites for hydroxylation is 1. The highest BCUT2D eigenvalue weighted by Crippen LogP contribution is 2.27. The van der Waals surface area contributed by atoms with Crippen molar-refractivity contribution in [1.82, 2.24) is 24.8 Å². The van der Waals surface area contributed by atoms with Crippen LogP contribution in [0.2, 0.25) is 0 Å². The first-order valence-electron chi connectivity index (χ1n) is 7.33. The lowest BCUT2D eigenvalue weighted by Crippen LogP contribution is -2.46. The van der Waals surface area contributed by atoms with Gasteiger partial charge in [-0.2, -0.15) is 0 Å². The van der Waals surface area contributed by atoms with Gasteiger partial charge in [-0.15, -0.1) is 5.10 Å². The van der Waals surface area contributed by atoms with E-state index in [2.05, 4.69) is 20.3 Å². The highest BCUT2D eigenvalue weighted by atomic mass is 32.1. The molecule has 0 aromatic carbocycles. The minimum Gasteiger partial charge on any atom is -0.347 e. The van der Waals surface area contributed by atoms with Crippen molar-refractivity contribution in [3.05, 3.63) is 11.9 Å². The number of nitrogens with zero attached hydrogens (tertiary/aromatic N) is 5. The summed E-state index contributed by atoms with van der Waals surface area (Å²) in [5, 5.41) is 8.51. The molecule has 2 aliphatic rings. The van der Waals surface area contributed by atoms with Crippen molar-refractivity contribution in [3.8, 4) is 0 Å². The second kappa shape index (κ2) is 4.87. The summed E-state index contributed by atoms with van der Waals surface area (Å²) < 4.78 is 1.86. The van der Waals surface area contributed by atoms with Crippen LogP contribution in [-0.2, 0) is 0 Å². The number of nitrogens with one attached hydrogen (secondary N) is 1. The Bertz CT molecular complexity index is 640. The monoisotopic (exact) mass is 306 g/mol. The fraction of sp³-hybridized carbons (Fsp3) is 0.615. The van der Waals surface area contributed by atoms with E-state index in [1.807, 2.05) is 22.5 Å². The molecule has 2 saturated heterocycles. The zero-order valence-electron chi connectivity index (χ0n) is 11.9. The smallest absolute Gasteiger partial charge is 0.317 e. The average Bonchev–Trinajstić information content (AvgIpc) is 3.13. The van der Waals surface area contributed by atoms with Crippen LogP contribution in [0, 0.1) is 6.92 Å². The molecule has 21 heavy (non-hydrogen) atoms. The normalized spacial score (nSPS) is 20.5. The lowest BCUT2D eigenvalue weighted by Gasteiger charge is -2.35. The van der Waals surface area contributed by atoms with E-state index >= 15 is 0 Å². The number of carbonyl (C=O) groups is 1. The number of hydrogen-bond donors (Lipinski definition) is 1. The predicted octanol–water partition coefficient (Wildman–Crippen LogP) is 1.09. The minimum absolute atomic E-state index is 0.0941. The third-order valence-electron chi connectivity index (χ3n) is 4.22. The Morgan fingerprint density at radius 3 is 2.81 bits per heavy atom. The fourth-order valence-electron chi connectivity index (χ4n) is 3.13. The molecule has 0 atom stereocenters. The number of amides is 2. The third kappa shape index (κ3) is 2.23. The number of fused-ring (bicyclic) bond motifs is 1. The first kappa shape index (κ1) is 12.9. The van der Waals surface area contributed by atoms with Gasteiger partial charge in [0.15, 0.2) is 0 Å². The van der Waals surface area contributed by atoms with E-state index in [1.165, 1.54) is 0 Å². The van der Waals surface area contributed by atoms with Gasteiger partial charge in [-0.25, -0.2) is 14.3 Å². The molecular formula is C13H18N6OS. The highest BCUT2D eigenvalue weighted by Gasteiger charge is 2.31. The van der Waals surface area contributed by atoms with Crippen LogP contribution in [0.15, 0.2) is 6.20 Å². The molecule has 2 fully saturated rings. The Morgan fingerprint density at radius 2 is 2.14 bits per heavy atom. The van der Waals surface area contributed by atoms with Crippen molar-refractivity contribution in [1.29, 1.82) is 0 Å². The highest BCUT2D eigenvalue weighted by molar-refractivity contribution is 7.20. The van der Waals surface area contributed by atoms with Crippen LogP contribution < -0.4 is 10.2 Å². The van der Waals surface area contributed by atoms with Gasteiger partial charge in [0, 0.05) is 32.2 Å². The molecule has 1 N–H and O–H groups in total. The van der Waals surface area contributed by atoms with Crippen molar-refractivity contribution in [2.75, 3.05) is 31.1 Å². The molecule has 0 bridgehead atoms. The van der Waals surface area contributed by atoms with Gasteiger partial charge in [0.25, 0.3) is 0 Å². The number of hydrogen-bond acceptors (Lipinski definition) is 5. The second-order valence-corrected chi connectivity index (χ2v) is 6.57. The number of imidazole rings is 1. The molecule has 2 aromatic heterocycles. The van der Waals surface area contributed by atoms with Gasteiger partial charge in [-0.05, 0) is 19.8 Å². The molecular weight excluding hydrogens is 288 g/mol. The van der Waals surface area contributed by atoms with E-state index in [0.717, 1.165) is 54.8 Å². The van der Waals surface area contributed by atoms with Gasteiger partial charge in [-0.1, -0.05) is 11.3 Å². The molecule has 4 rings (SSSR count). The van der Waals surface area contributed by atoms with E-state index in [1.54, 1.807) is 11.3 Å². The molecule has 2 aliphatic heterocycles. The summed E-state index contributed by atoms with van der Waals surface area (Å²) >= 11 is 1.63.